The van der Waals surface area contributed by atoms with Crippen molar-refractivity contribution in [3.05, 3.63) is 0 Å². The van der Waals surface area contributed by atoms with Crippen LogP contribution in [0, 0.1) is 0 Å². The summed E-state index contributed by atoms with van der Waals surface area (Å²) < 4.78 is 5.36. The number of unbranched alkanes of at least 4 members (excludes halogenated alkanes) is 1. The number of carboxylic acids is 1. The van der Waals surface area contributed by atoms with Crippen molar-refractivity contribution >= 4 is 5.97 Å². The molecule has 5 nitrogen and oxygen atoms in total. The van der Waals surface area contributed by atoms with Gasteiger partial charge in [0.05, 0.1) is 0 Å². The summed E-state index contributed by atoms with van der Waals surface area (Å²) in [5, 5.41) is 12.1. The summed E-state index contributed by atoms with van der Waals surface area (Å²) in [7, 11) is 3.87. The van der Waals surface area contributed by atoms with Crippen LogP contribution in [0.15, 0.2) is 0 Å². The fourth-order valence-electron chi connectivity index (χ4n) is 2.49. The molecule has 0 saturated carbocycles. The highest BCUT2D eigenvalue weighted by atomic mass is 16.5. The van der Waals surface area contributed by atoms with Crippen molar-refractivity contribution in [3.63, 3.8) is 0 Å². The maximum Gasteiger partial charge on any atom is 0.323 e. The molecule has 0 spiro atoms. The summed E-state index contributed by atoms with van der Waals surface area (Å²) in [6.45, 7) is 4.51. The quantitative estimate of drug-likeness (QED) is 0.653. The average molecular weight is 272 g/mol. The molecule has 0 amide bonds. The summed E-state index contributed by atoms with van der Waals surface area (Å²) in [5.41, 5.74) is -0.794. The number of hydrogen-bond donors (Lipinski definition) is 2. The molecular formula is C14H28N2O3. The lowest BCUT2D eigenvalue weighted by atomic mass is 9.95. The van der Waals surface area contributed by atoms with Crippen molar-refractivity contribution in [3.8, 4) is 0 Å². The van der Waals surface area contributed by atoms with Crippen molar-refractivity contribution in [2.75, 3.05) is 33.9 Å². The molecule has 1 unspecified atom stereocenters. The van der Waals surface area contributed by atoms with E-state index in [1.54, 1.807) is 14.0 Å². The van der Waals surface area contributed by atoms with Crippen molar-refractivity contribution in [1.82, 2.24) is 10.2 Å². The van der Waals surface area contributed by atoms with Crippen molar-refractivity contribution in [2.45, 2.75) is 50.6 Å². The van der Waals surface area contributed by atoms with Gasteiger partial charge in [-0.2, -0.15) is 0 Å². The van der Waals surface area contributed by atoms with Crippen LogP contribution in [0.5, 0.6) is 0 Å². The molecule has 112 valence electrons. The molecule has 0 aliphatic carbocycles. The minimum absolute atomic E-state index is 0.629. The monoisotopic (exact) mass is 272 g/mol. The fourth-order valence-corrected chi connectivity index (χ4v) is 2.49. The number of nitrogens with one attached hydrogen (secondary N) is 1. The van der Waals surface area contributed by atoms with E-state index in [0.29, 0.717) is 12.5 Å². The van der Waals surface area contributed by atoms with Crippen LogP contribution in [0.25, 0.3) is 0 Å². The van der Waals surface area contributed by atoms with Crippen molar-refractivity contribution in [2.24, 2.45) is 0 Å². The highest BCUT2D eigenvalue weighted by molar-refractivity contribution is 5.78. The predicted octanol–water partition coefficient (Wildman–Crippen LogP) is 1.33. The van der Waals surface area contributed by atoms with Gasteiger partial charge in [0.2, 0.25) is 0 Å². The van der Waals surface area contributed by atoms with Crippen LogP contribution < -0.4 is 5.32 Å². The Kier molecular flexibility index (Phi) is 6.75. The van der Waals surface area contributed by atoms with Gasteiger partial charge in [0.25, 0.3) is 0 Å². The molecule has 1 rings (SSSR count). The molecule has 2 N–H and O–H groups in total. The van der Waals surface area contributed by atoms with Gasteiger partial charge in [-0.15, -0.1) is 0 Å². The number of rotatable bonds is 8. The van der Waals surface area contributed by atoms with Crippen molar-refractivity contribution < 1.29 is 14.6 Å². The van der Waals surface area contributed by atoms with Gasteiger partial charge in [0.15, 0.2) is 0 Å². The predicted molar refractivity (Wildman–Crippen MR) is 75.4 cm³/mol. The highest BCUT2D eigenvalue weighted by Crippen LogP contribution is 2.16. The Bertz CT molecular complexity index is 280. The molecule has 0 aromatic heterocycles. The van der Waals surface area contributed by atoms with E-state index in [4.69, 9.17) is 9.84 Å². The number of ether oxygens (including phenoxy) is 1. The van der Waals surface area contributed by atoms with Gasteiger partial charge in [-0.3, -0.25) is 4.79 Å². The van der Waals surface area contributed by atoms with Crippen LogP contribution in [-0.2, 0) is 9.53 Å². The zero-order valence-corrected chi connectivity index (χ0v) is 12.4. The van der Waals surface area contributed by atoms with Gasteiger partial charge in [-0.05, 0) is 59.7 Å². The molecule has 1 aliphatic heterocycles. The van der Waals surface area contributed by atoms with Gasteiger partial charge in [0, 0.05) is 19.3 Å². The van der Waals surface area contributed by atoms with Gasteiger partial charge >= 0.3 is 5.97 Å². The zero-order valence-electron chi connectivity index (χ0n) is 12.4. The minimum atomic E-state index is -0.794. The number of likely N-dealkylation sites (N-methyl/N-ethyl adjacent to an activating group) is 1. The molecule has 0 aromatic rings. The van der Waals surface area contributed by atoms with Crippen LogP contribution in [0.1, 0.15) is 39.0 Å². The third-order valence-electron chi connectivity index (χ3n) is 4.28. The number of aliphatic carboxylic acids is 1. The molecule has 0 aromatic carbocycles. The Morgan fingerprint density at radius 1 is 1.42 bits per heavy atom. The normalized spacial score (nSPS) is 20.4. The number of carboxylic acid groups (broad SMARTS) is 1. The first-order valence-electron chi connectivity index (χ1n) is 7.20. The summed E-state index contributed by atoms with van der Waals surface area (Å²) in [4.78, 5) is 13.5. The standard InChI is InChI=1S/C14H28N2O3/c1-14(15-2,13(17)18)8-4-5-9-16(3)12-6-10-19-11-7-12/h12,15H,4-11H2,1-3H3,(H,17,18). The SMILES string of the molecule is CNC(C)(CCCCN(C)C1CCOCC1)C(=O)O. The van der Waals surface area contributed by atoms with Crippen LogP contribution in [0.2, 0.25) is 0 Å². The third kappa shape index (κ3) is 5.09. The Balaban J connectivity index is 2.20. The molecule has 1 aliphatic rings. The second-order valence-electron chi connectivity index (χ2n) is 5.67. The van der Waals surface area contributed by atoms with Crippen LogP contribution in [-0.4, -0.2) is 61.4 Å². The number of hydrogen-bond acceptors (Lipinski definition) is 4. The van der Waals surface area contributed by atoms with Gasteiger partial charge in [-0.1, -0.05) is 0 Å². The van der Waals surface area contributed by atoms with Crippen molar-refractivity contribution in [1.29, 1.82) is 0 Å². The van der Waals surface area contributed by atoms with E-state index in [9.17, 15) is 4.79 Å². The smallest absolute Gasteiger partial charge is 0.323 e. The Hall–Kier alpha value is -0.650. The third-order valence-corrected chi connectivity index (χ3v) is 4.28. The molecule has 1 fully saturated rings. The summed E-state index contributed by atoms with van der Waals surface area (Å²) >= 11 is 0. The maximum absolute atomic E-state index is 11.1. The Labute approximate surface area is 116 Å². The first-order chi connectivity index (χ1) is 8.99. The first-order valence-corrected chi connectivity index (χ1v) is 7.20. The Morgan fingerprint density at radius 3 is 2.58 bits per heavy atom. The van der Waals surface area contributed by atoms with E-state index in [-0.39, 0.29) is 0 Å². The molecule has 0 bridgehead atoms. The van der Waals surface area contributed by atoms with Crippen LogP contribution >= 0.6 is 0 Å². The van der Waals surface area contributed by atoms with E-state index >= 15 is 0 Å². The van der Waals surface area contributed by atoms with Crippen LogP contribution in [0.4, 0.5) is 0 Å². The van der Waals surface area contributed by atoms with E-state index in [0.717, 1.165) is 45.4 Å². The summed E-state index contributed by atoms with van der Waals surface area (Å²) in [5.74, 6) is -0.771. The maximum atomic E-state index is 11.1. The molecule has 19 heavy (non-hydrogen) atoms. The lowest BCUT2D eigenvalue weighted by molar-refractivity contribution is -0.144. The van der Waals surface area contributed by atoms with E-state index < -0.39 is 11.5 Å². The fraction of sp³-hybridized carbons (Fsp3) is 0.929. The second-order valence-corrected chi connectivity index (χ2v) is 5.67. The van der Waals surface area contributed by atoms with Gasteiger partial charge in [0.1, 0.15) is 5.54 Å². The first kappa shape index (κ1) is 16.4. The average Bonchev–Trinajstić information content (AvgIpc) is 2.43. The van der Waals surface area contributed by atoms with Crippen LogP contribution in [0.3, 0.4) is 0 Å². The number of carbonyl (C=O) groups is 1. The second kappa shape index (κ2) is 7.82. The lowest BCUT2D eigenvalue weighted by Crippen LogP contribution is -2.47. The topological polar surface area (TPSA) is 61.8 Å². The van der Waals surface area contributed by atoms with E-state index in [1.807, 2.05) is 0 Å². The largest absolute Gasteiger partial charge is 0.480 e. The van der Waals surface area contributed by atoms with E-state index in [1.165, 1.54) is 0 Å². The number of nitrogens with zero attached hydrogens (tertiary/aromatic N) is 1. The Morgan fingerprint density at radius 2 is 2.05 bits per heavy atom. The van der Waals surface area contributed by atoms with Gasteiger partial charge in [-0.25, -0.2) is 0 Å². The summed E-state index contributed by atoms with van der Waals surface area (Å²) in [6, 6.07) is 0.629. The summed E-state index contributed by atoms with van der Waals surface area (Å²) in [6.07, 6.45) is 4.86. The molecule has 1 saturated heterocycles. The molecule has 1 atom stereocenters. The minimum Gasteiger partial charge on any atom is -0.480 e. The lowest BCUT2D eigenvalue weighted by Gasteiger charge is -2.31. The zero-order chi connectivity index (χ0) is 14.3. The van der Waals surface area contributed by atoms with Gasteiger partial charge < -0.3 is 20.1 Å². The molecular weight excluding hydrogens is 244 g/mol. The highest BCUT2D eigenvalue weighted by Gasteiger charge is 2.30. The van der Waals surface area contributed by atoms with E-state index in [2.05, 4.69) is 17.3 Å². The molecule has 1 heterocycles. The molecule has 5 heteroatoms. The molecule has 0 radical (unpaired) electrons.